The number of amides is 1. The minimum Gasteiger partial charge on any atom is -0.452 e. The number of hydrogen-bond acceptors (Lipinski definition) is 3. The molecule has 0 aliphatic heterocycles. The van der Waals surface area contributed by atoms with Gasteiger partial charge in [0.05, 0.1) is 5.56 Å². The van der Waals surface area contributed by atoms with E-state index in [1.807, 2.05) is 0 Å². The Hall–Kier alpha value is -2.21. The number of benzene rings is 2. The number of hydrogen-bond donors (Lipinski definition) is 1. The van der Waals surface area contributed by atoms with Gasteiger partial charge in [0.2, 0.25) is 0 Å². The summed E-state index contributed by atoms with van der Waals surface area (Å²) in [5.74, 6) is -1.57. The first-order valence-electron chi connectivity index (χ1n) is 6.45. The molecule has 0 aliphatic rings. The summed E-state index contributed by atoms with van der Waals surface area (Å²) in [6.45, 7) is 1.18. The van der Waals surface area contributed by atoms with E-state index in [1.165, 1.54) is 6.07 Å². The summed E-state index contributed by atoms with van der Waals surface area (Å²) >= 11 is 3.23. The topological polar surface area (TPSA) is 55.4 Å². The lowest BCUT2D eigenvalue weighted by atomic mass is 10.2. The molecule has 0 heterocycles. The maximum absolute atomic E-state index is 13.4. The van der Waals surface area contributed by atoms with Crippen molar-refractivity contribution in [2.45, 2.75) is 6.92 Å². The van der Waals surface area contributed by atoms with Crippen LogP contribution >= 0.6 is 15.9 Å². The van der Waals surface area contributed by atoms with Crippen molar-refractivity contribution in [2.75, 3.05) is 11.9 Å². The number of rotatable bonds is 4. The molecular formula is C16H13BrFNO3. The largest absolute Gasteiger partial charge is 0.452 e. The van der Waals surface area contributed by atoms with Crippen molar-refractivity contribution in [3.63, 3.8) is 0 Å². The van der Waals surface area contributed by atoms with E-state index in [9.17, 15) is 14.0 Å². The number of nitrogens with one attached hydrogen (secondary N) is 1. The number of halogens is 2. The summed E-state index contributed by atoms with van der Waals surface area (Å²) in [4.78, 5) is 23.5. The summed E-state index contributed by atoms with van der Waals surface area (Å²) in [7, 11) is 0. The minimum atomic E-state index is -0.613. The third-order valence-corrected chi connectivity index (χ3v) is 3.58. The minimum absolute atomic E-state index is 0.310. The Kier molecular flexibility index (Phi) is 5.27. The summed E-state index contributed by atoms with van der Waals surface area (Å²) in [5, 5.41) is 2.46. The molecule has 0 aliphatic carbocycles. The van der Waals surface area contributed by atoms with Crippen LogP contribution < -0.4 is 5.32 Å². The lowest BCUT2D eigenvalue weighted by molar-refractivity contribution is -0.119. The van der Waals surface area contributed by atoms with E-state index in [4.69, 9.17) is 4.74 Å². The van der Waals surface area contributed by atoms with Gasteiger partial charge < -0.3 is 10.1 Å². The fourth-order valence-corrected chi connectivity index (χ4v) is 2.15. The fraction of sp³-hybridized carbons (Fsp3) is 0.125. The van der Waals surface area contributed by atoms with Crippen LogP contribution in [0.2, 0.25) is 0 Å². The second kappa shape index (κ2) is 7.17. The van der Waals surface area contributed by atoms with Crippen molar-refractivity contribution in [1.82, 2.24) is 0 Å². The summed E-state index contributed by atoms with van der Waals surface area (Å²) in [5.41, 5.74) is 1.13. The number of anilines is 1. The molecule has 22 heavy (non-hydrogen) atoms. The maximum atomic E-state index is 13.4. The third kappa shape index (κ3) is 4.14. The third-order valence-electron chi connectivity index (χ3n) is 2.88. The average molecular weight is 366 g/mol. The van der Waals surface area contributed by atoms with E-state index < -0.39 is 24.3 Å². The smallest absolute Gasteiger partial charge is 0.339 e. The molecule has 0 bridgehead atoms. The highest BCUT2D eigenvalue weighted by Crippen LogP contribution is 2.17. The molecule has 0 unspecified atom stereocenters. The lowest BCUT2D eigenvalue weighted by Crippen LogP contribution is -2.21. The monoisotopic (exact) mass is 365 g/mol. The SMILES string of the molecule is Cc1ccc(NC(=O)COC(=O)c2ccccc2Br)cc1F. The number of aryl methyl sites for hydroxylation is 1. The fourth-order valence-electron chi connectivity index (χ4n) is 1.70. The molecule has 0 radical (unpaired) electrons. The Morgan fingerprint density at radius 2 is 1.95 bits per heavy atom. The van der Waals surface area contributed by atoms with Gasteiger partial charge in [0, 0.05) is 10.2 Å². The van der Waals surface area contributed by atoms with Gasteiger partial charge in [0.1, 0.15) is 5.82 Å². The molecule has 0 atom stereocenters. The van der Waals surface area contributed by atoms with Gasteiger partial charge in [0.25, 0.3) is 5.91 Å². The van der Waals surface area contributed by atoms with Gasteiger partial charge in [-0.1, -0.05) is 18.2 Å². The first-order valence-corrected chi connectivity index (χ1v) is 7.24. The van der Waals surface area contributed by atoms with Crippen molar-refractivity contribution in [2.24, 2.45) is 0 Å². The Morgan fingerprint density at radius 3 is 2.64 bits per heavy atom. The molecule has 2 rings (SSSR count). The van der Waals surface area contributed by atoms with E-state index in [-0.39, 0.29) is 0 Å². The molecule has 0 fully saturated rings. The molecule has 1 N–H and O–H groups in total. The highest BCUT2D eigenvalue weighted by Gasteiger charge is 2.13. The number of esters is 1. The van der Waals surface area contributed by atoms with Crippen molar-refractivity contribution < 1.29 is 18.7 Å². The van der Waals surface area contributed by atoms with Gasteiger partial charge in [-0.25, -0.2) is 9.18 Å². The van der Waals surface area contributed by atoms with Crippen LogP contribution in [0.1, 0.15) is 15.9 Å². The van der Waals surface area contributed by atoms with Gasteiger partial charge in [-0.15, -0.1) is 0 Å². The molecule has 1 amide bonds. The van der Waals surface area contributed by atoms with Crippen LogP contribution in [0.25, 0.3) is 0 Å². The van der Waals surface area contributed by atoms with Crippen molar-refractivity contribution in [3.8, 4) is 0 Å². The summed E-state index contributed by atoms with van der Waals surface area (Å²) in [6.07, 6.45) is 0. The van der Waals surface area contributed by atoms with E-state index in [0.29, 0.717) is 21.3 Å². The Bertz CT molecular complexity index is 718. The molecule has 4 nitrogen and oxygen atoms in total. The van der Waals surface area contributed by atoms with Crippen LogP contribution in [0.5, 0.6) is 0 Å². The van der Waals surface area contributed by atoms with Crippen LogP contribution in [0.3, 0.4) is 0 Å². The summed E-state index contributed by atoms with van der Waals surface area (Å²) < 4.78 is 18.9. The highest BCUT2D eigenvalue weighted by atomic mass is 79.9. The zero-order valence-corrected chi connectivity index (χ0v) is 13.3. The molecule has 2 aromatic rings. The van der Waals surface area contributed by atoms with E-state index >= 15 is 0 Å². The zero-order valence-electron chi connectivity index (χ0n) is 11.7. The van der Waals surface area contributed by atoms with Crippen LogP contribution in [0.15, 0.2) is 46.9 Å². The van der Waals surface area contributed by atoms with E-state index in [0.717, 1.165) is 0 Å². The van der Waals surface area contributed by atoms with Gasteiger partial charge in [-0.3, -0.25) is 4.79 Å². The normalized spacial score (nSPS) is 10.1. The van der Waals surface area contributed by atoms with Crippen LogP contribution in [-0.4, -0.2) is 18.5 Å². The maximum Gasteiger partial charge on any atom is 0.339 e. The molecule has 6 heteroatoms. The van der Waals surface area contributed by atoms with Crippen molar-refractivity contribution in [1.29, 1.82) is 0 Å². The molecule has 114 valence electrons. The second-order valence-corrected chi connectivity index (χ2v) is 5.42. The average Bonchev–Trinajstić information content (AvgIpc) is 2.49. The quantitative estimate of drug-likeness (QED) is 0.840. The molecule has 2 aromatic carbocycles. The van der Waals surface area contributed by atoms with Gasteiger partial charge in [-0.05, 0) is 52.7 Å². The number of carbonyl (C=O) groups excluding carboxylic acids is 2. The van der Waals surface area contributed by atoms with Crippen LogP contribution in [-0.2, 0) is 9.53 Å². The van der Waals surface area contributed by atoms with E-state index in [2.05, 4.69) is 21.2 Å². The Balaban J connectivity index is 1.91. The summed E-state index contributed by atoms with van der Waals surface area (Å²) in [6, 6.07) is 11.1. The zero-order chi connectivity index (χ0) is 16.1. The molecular weight excluding hydrogens is 353 g/mol. The van der Waals surface area contributed by atoms with Crippen molar-refractivity contribution >= 4 is 33.5 Å². The van der Waals surface area contributed by atoms with Crippen molar-refractivity contribution in [3.05, 3.63) is 63.9 Å². The standard InChI is InChI=1S/C16H13BrFNO3/c1-10-6-7-11(8-14(10)18)19-15(20)9-22-16(21)12-4-2-3-5-13(12)17/h2-8H,9H2,1H3,(H,19,20). The predicted octanol–water partition coefficient (Wildman–Crippen LogP) is 3.69. The predicted molar refractivity (Wildman–Crippen MR) is 84.2 cm³/mol. The van der Waals surface area contributed by atoms with Crippen LogP contribution in [0, 0.1) is 12.7 Å². The second-order valence-electron chi connectivity index (χ2n) is 4.57. The first-order chi connectivity index (χ1) is 10.5. The van der Waals surface area contributed by atoms with E-state index in [1.54, 1.807) is 43.3 Å². The van der Waals surface area contributed by atoms with Gasteiger partial charge in [0.15, 0.2) is 6.61 Å². The Morgan fingerprint density at radius 1 is 1.23 bits per heavy atom. The first kappa shape index (κ1) is 16.2. The molecule has 0 saturated heterocycles. The number of carbonyl (C=O) groups is 2. The van der Waals surface area contributed by atoms with Crippen LogP contribution in [0.4, 0.5) is 10.1 Å². The molecule has 0 aromatic heterocycles. The van der Waals surface area contributed by atoms with Gasteiger partial charge >= 0.3 is 5.97 Å². The number of ether oxygens (including phenoxy) is 1. The highest BCUT2D eigenvalue weighted by molar-refractivity contribution is 9.10. The lowest BCUT2D eigenvalue weighted by Gasteiger charge is -2.08. The van der Waals surface area contributed by atoms with Gasteiger partial charge in [-0.2, -0.15) is 0 Å². The molecule has 0 saturated carbocycles. The molecule has 0 spiro atoms. The Labute approximate surface area is 135 Å².